The number of hydrogen-bond donors (Lipinski definition) is 1. The summed E-state index contributed by atoms with van der Waals surface area (Å²) in [6, 6.07) is 13.6. The van der Waals surface area contributed by atoms with E-state index in [-0.39, 0.29) is 5.91 Å². The summed E-state index contributed by atoms with van der Waals surface area (Å²) in [5, 5.41) is 2.88. The first-order chi connectivity index (χ1) is 11.0. The second kappa shape index (κ2) is 7.68. The van der Waals surface area contributed by atoms with E-state index in [1.807, 2.05) is 56.3 Å². The number of hydrogen-bond acceptors (Lipinski definition) is 3. The molecular weight excluding hydrogens is 290 g/mol. The molecule has 2 rings (SSSR count). The van der Waals surface area contributed by atoms with Gasteiger partial charge in [0.15, 0.2) is 6.10 Å². The lowest BCUT2D eigenvalue weighted by Crippen LogP contribution is -2.36. The van der Waals surface area contributed by atoms with E-state index in [0.717, 1.165) is 28.2 Å². The predicted octanol–water partition coefficient (Wildman–Crippen LogP) is 3.40. The molecule has 0 spiro atoms. The van der Waals surface area contributed by atoms with Gasteiger partial charge in [0.25, 0.3) is 5.91 Å². The summed E-state index contributed by atoms with van der Waals surface area (Å²) in [6.45, 7) is 6.12. The number of benzene rings is 2. The third-order valence-electron chi connectivity index (χ3n) is 3.66. The van der Waals surface area contributed by atoms with Crippen LogP contribution in [0.25, 0.3) is 0 Å². The van der Waals surface area contributed by atoms with Crippen molar-refractivity contribution in [1.82, 2.24) is 5.32 Å². The van der Waals surface area contributed by atoms with Gasteiger partial charge in [0, 0.05) is 12.1 Å². The fourth-order valence-corrected chi connectivity index (χ4v) is 2.25. The topological polar surface area (TPSA) is 47.6 Å². The molecule has 0 saturated heterocycles. The number of carbonyl (C=O) groups excluding carboxylic acids is 1. The number of nitrogens with one attached hydrogen (secondary N) is 1. The molecular formula is C19H23NO3. The lowest BCUT2D eigenvalue weighted by atomic mass is 10.1. The lowest BCUT2D eigenvalue weighted by Gasteiger charge is -2.17. The highest BCUT2D eigenvalue weighted by atomic mass is 16.5. The highest BCUT2D eigenvalue weighted by Gasteiger charge is 2.16. The van der Waals surface area contributed by atoms with Gasteiger partial charge in [-0.05, 0) is 44.0 Å². The highest BCUT2D eigenvalue weighted by molar-refractivity contribution is 5.80. The predicted molar refractivity (Wildman–Crippen MR) is 90.8 cm³/mol. The molecule has 0 aromatic heterocycles. The van der Waals surface area contributed by atoms with Gasteiger partial charge in [-0.25, -0.2) is 0 Å². The minimum Gasteiger partial charge on any atom is -0.496 e. The van der Waals surface area contributed by atoms with E-state index in [4.69, 9.17) is 9.47 Å². The minimum absolute atomic E-state index is 0.156. The summed E-state index contributed by atoms with van der Waals surface area (Å²) in [5.41, 5.74) is 3.05. The minimum atomic E-state index is -0.565. The second-order valence-electron chi connectivity index (χ2n) is 5.56. The molecule has 1 amide bonds. The Morgan fingerprint density at radius 1 is 1.13 bits per heavy atom. The normalized spacial score (nSPS) is 11.7. The first-order valence-electron chi connectivity index (χ1n) is 7.64. The van der Waals surface area contributed by atoms with E-state index >= 15 is 0 Å². The zero-order valence-corrected chi connectivity index (χ0v) is 14.1. The Labute approximate surface area is 137 Å². The van der Waals surface area contributed by atoms with Crippen molar-refractivity contribution >= 4 is 5.91 Å². The summed E-state index contributed by atoms with van der Waals surface area (Å²) in [4.78, 5) is 12.2. The molecule has 0 heterocycles. The molecule has 0 aliphatic carbocycles. The van der Waals surface area contributed by atoms with Crippen molar-refractivity contribution in [1.29, 1.82) is 0 Å². The number of carbonyl (C=O) groups is 1. The average molecular weight is 313 g/mol. The fraction of sp³-hybridized carbons (Fsp3) is 0.316. The van der Waals surface area contributed by atoms with E-state index in [1.165, 1.54) is 0 Å². The van der Waals surface area contributed by atoms with E-state index in [9.17, 15) is 4.79 Å². The van der Waals surface area contributed by atoms with Gasteiger partial charge in [-0.3, -0.25) is 4.79 Å². The van der Waals surface area contributed by atoms with E-state index < -0.39 is 6.10 Å². The fourth-order valence-electron chi connectivity index (χ4n) is 2.25. The van der Waals surface area contributed by atoms with E-state index in [2.05, 4.69) is 5.32 Å². The summed E-state index contributed by atoms with van der Waals surface area (Å²) < 4.78 is 11.1. The van der Waals surface area contributed by atoms with Crippen LogP contribution in [-0.2, 0) is 11.3 Å². The van der Waals surface area contributed by atoms with Gasteiger partial charge in [-0.2, -0.15) is 0 Å². The molecule has 4 nitrogen and oxygen atoms in total. The number of ether oxygens (including phenoxy) is 2. The molecule has 1 unspecified atom stereocenters. The third kappa shape index (κ3) is 4.49. The number of para-hydroxylation sites is 1. The molecule has 122 valence electrons. The SMILES string of the molecule is COc1ccccc1CNC(=O)C(C)Oc1cc(C)ccc1C. The van der Waals surface area contributed by atoms with Crippen molar-refractivity contribution in [3.05, 3.63) is 59.2 Å². The van der Waals surface area contributed by atoms with Crippen LogP contribution in [0.3, 0.4) is 0 Å². The van der Waals surface area contributed by atoms with Crippen LogP contribution in [0, 0.1) is 13.8 Å². The second-order valence-corrected chi connectivity index (χ2v) is 5.56. The maximum atomic E-state index is 12.2. The van der Waals surface area contributed by atoms with Crippen LogP contribution in [-0.4, -0.2) is 19.1 Å². The summed E-state index contributed by atoms with van der Waals surface area (Å²) in [5.74, 6) is 1.35. The Morgan fingerprint density at radius 2 is 1.87 bits per heavy atom. The molecule has 2 aromatic carbocycles. The number of amides is 1. The largest absolute Gasteiger partial charge is 0.496 e. The van der Waals surface area contributed by atoms with Crippen molar-refractivity contribution in [3.63, 3.8) is 0 Å². The van der Waals surface area contributed by atoms with E-state index in [1.54, 1.807) is 14.0 Å². The maximum absolute atomic E-state index is 12.2. The van der Waals surface area contributed by atoms with Crippen molar-refractivity contribution in [2.75, 3.05) is 7.11 Å². The van der Waals surface area contributed by atoms with Crippen LogP contribution >= 0.6 is 0 Å². The van der Waals surface area contributed by atoms with Gasteiger partial charge >= 0.3 is 0 Å². The zero-order valence-electron chi connectivity index (χ0n) is 14.1. The van der Waals surface area contributed by atoms with Crippen molar-refractivity contribution in [2.24, 2.45) is 0 Å². The summed E-state index contributed by atoms with van der Waals surface area (Å²) in [6.07, 6.45) is -0.565. The Bertz CT molecular complexity index is 682. The smallest absolute Gasteiger partial charge is 0.261 e. The van der Waals surface area contributed by atoms with Crippen LogP contribution < -0.4 is 14.8 Å². The molecule has 23 heavy (non-hydrogen) atoms. The lowest BCUT2D eigenvalue weighted by molar-refractivity contribution is -0.127. The quantitative estimate of drug-likeness (QED) is 0.889. The van der Waals surface area contributed by atoms with Gasteiger partial charge in [0.2, 0.25) is 0 Å². The maximum Gasteiger partial charge on any atom is 0.261 e. The Morgan fingerprint density at radius 3 is 2.61 bits per heavy atom. The average Bonchev–Trinajstić information content (AvgIpc) is 2.56. The Hall–Kier alpha value is -2.49. The van der Waals surface area contributed by atoms with Crippen molar-refractivity contribution < 1.29 is 14.3 Å². The van der Waals surface area contributed by atoms with Crippen LogP contribution in [0.2, 0.25) is 0 Å². The molecule has 0 saturated carbocycles. The monoisotopic (exact) mass is 313 g/mol. The third-order valence-corrected chi connectivity index (χ3v) is 3.66. The molecule has 1 atom stereocenters. The molecule has 0 aliphatic heterocycles. The molecule has 0 bridgehead atoms. The van der Waals surface area contributed by atoms with Crippen molar-refractivity contribution in [3.8, 4) is 11.5 Å². The molecule has 2 aromatic rings. The standard InChI is InChI=1S/C19H23NO3/c1-13-9-10-14(2)18(11-13)23-15(3)19(21)20-12-16-7-5-6-8-17(16)22-4/h5-11,15H,12H2,1-4H3,(H,20,21). The Kier molecular flexibility index (Phi) is 5.63. The van der Waals surface area contributed by atoms with E-state index in [0.29, 0.717) is 6.54 Å². The van der Waals surface area contributed by atoms with Gasteiger partial charge in [0.1, 0.15) is 11.5 Å². The van der Waals surface area contributed by atoms with Crippen LogP contribution in [0.1, 0.15) is 23.6 Å². The Balaban J connectivity index is 1.96. The molecule has 0 aliphatic rings. The molecule has 0 radical (unpaired) electrons. The van der Waals surface area contributed by atoms with Gasteiger partial charge in [-0.1, -0.05) is 30.3 Å². The number of rotatable bonds is 6. The number of methoxy groups -OCH3 is 1. The van der Waals surface area contributed by atoms with Crippen LogP contribution in [0.15, 0.2) is 42.5 Å². The van der Waals surface area contributed by atoms with Gasteiger partial charge in [0.05, 0.1) is 7.11 Å². The van der Waals surface area contributed by atoms with Crippen LogP contribution in [0.4, 0.5) is 0 Å². The van der Waals surface area contributed by atoms with Crippen molar-refractivity contribution in [2.45, 2.75) is 33.4 Å². The first kappa shape index (κ1) is 16.9. The summed E-state index contributed by atoms with van der Waals surface area (Å²) >= 11 is 0. The summed E-state index contributed by atoms with van der Waals surface area (Å²) in [7, 11) is 1.62. The first-order valence-corrected chi connectivity index (χ1v) is 7.64. The molecule has 4 heteroatoms. The van der Waals surface area contributed by atoms with Crippen LogP contribution in [0.5, 0.6) is 11.5 Å². The number of aryl methyl sites for hydroxylation is 2. The van der Waals surface area contributed by atoms with Gasteiger partial charge < -0.3 is 14.8 Å². The molecule has 1 N–H and O–H groups in total. The molecule has 0 fully saturated rings. The van der Waals surface area contributed by atoms with Gasteiger partial charge in [-0.15, -0.1) is 0 Å². The highest BCUT2D eigenvalue weighted by Crippen LogP contribution is 2.21. The zero-order chi connectivity index (χ0) is 16.8.